The average Bonchev–Trinajstić information content (AvgIpc) is 2.80. The molecule has 9 heteroatoms. The molecule has 0 unspecified atom stereocenters. The zero-order valence-corrected chi connectivity index (χ0v) is 20.5. The van der Waals surface area contributed by atoms with Crippen LogP contribution in [0.1, 0.15) is 37.8 Å². The van der Waals surface area contributed by atoms with Crippen molar-refractivity contribution in [1.29, 1.82) is 0 Å². The summed E-state index contributed by atoms with van der Waals surface area (Å²) >= 11 is 0. The first kappa shape index (κ1) is 27.2. The lowest BCUT2D eigenvalue weighted by Crippen LogP contribution is -2.50. The summed E-state index contributed by atoms with van der Waals surface area (Å²) in [6, 6.07) is 18.4. The Hall–Kier alpha value is -3.01. The molecule has 34 heavy (non-hydrogen) atoms. The number of hydrazine groups is 1. The van der Waals surface area contributed by atoms with Crippen molar-refractivity contribution in [2.75, 3.05) is 6.26 Å². The highest BCUT2D eigenvalue weighted by atomic mass is 32.2. The molecule has 0 saturated carbocycles. The summed E-state index contributed by atoms with van der Waals surface area (Å²) in [5, 5.41) is 9.33. The maximum absolute atomic E-state index is 13.3. The second-order valence-electron chi connectivity index (χ2n) is 8.60. The Labute approximate surface area is 201 Å². The lowest BCUT2D eigenvalue weighted by molar-refractivity contribution is -0.142. The number of rotatable bonds is 12. The number of allylic oxidation sites excluding steroid dienone is 1. The Morgan fingerprint density at radius 3 is 2.09 bits per heavy atom. The zero-order valence-electron chi connectivity index (χ0n) is 19.7. The molecule has 2 aromatic rings. The highest BCUT2D eigenvalue weighted by Crippen LogP contribution is 2.26. The van der Waals surface area contributed by atoms with E-state index in [0.29, 0.717) is 12.0 Å². The Morgan fingerprint density at radius 2 is 1.56 bits per heavy atom. The number of nitrogens with one attached hydrogen (secondary N) is 2. The lowest BCUT2D eigenvalue weighted by Gasteiger charge is -2.28. The average molecular weight is 488 g/mol. The van der Waals surface area contributed by atoms with E-state index in [1.807, 2.05) is 56.3 Å². The summed E-state index contributed by atoms with van der Waals surface area (Å²) in [4.78, 5) is 25.9. The zero-order chi connectivity index (χ0) is 25.1. The summed E-state index contributed by atoms with van der Waals surface area (Å²) in [6.07, 6.45) is 5.12. The maximum Gasteiger partial charge on any atom is 0.247 e. The van der Waals surface area contributed by atoms with E-state index in [0.717, 1.165) is 16.2 Å². The predicted molar refractivity (Wildman–Crippen MR) is 131 cm³/mol. The van der Waals surface area contributed by atoms with Crippen LogP contribution in [0.3, 0.4) is 0 Å². The molecule has 2 aromatic carbocycles. The molecule has 0 spiro atoms. The quantitative estimate of drug-likeness (QED) is 0.314. The van der Waals surface area contributed by atoms with Gasteiger partial charge in [-0.3, -0.25) is 20.2 Å². The van der Waals surface area contributed by atoms with E-state index in [2.05, 4.69) is 5.43 Å². The SMILES string of the molecule is CC(C)C[C@H](C(=O)NN(Cc1ccccc1)S(C)(=O)=O)[C@H](CC=Cc1ccccc1)C(=O)NO. The minimum absolute atomic E-state index is 0.0450. The summed E-state index contributed by atoms with van der Waals surface area (Å²) in [5.74, 6) is -3.02. The first-order chi connectivity index (χ1) is 16.1. The number of nitrogens with zero attached hydrogens (tertiary/aromatic N) is 1. The molecule has 3 N–H and O–H groups in total. The van der Waals surface area contributed by atoms with E-state index in [1.165, 1.54) is 0 Å². The lowest BCUT2D eigenvalue weighted by atomic mass is 9.82. The molecule has 184 valence electrons. The molecular weight excluding hydrogens is 454 g/mol. The van der Waals surface area contributed by atoms with Crippen LogP contribution in [-0.2, 0) is 26.2 Å². The summed E-state index contributed by atoms with van der Waals surface area (Å²) in [5.41, 5.74) is 5.79. The number of carbonyl (C=O) groups is 2. The standard InChI is InChI=1S/C25H33N3O5S/c1-19(2)17-23(22(25(30)27-31)16-10-15-20-11-6-4-7-12-20)24(29)26-28(34(3,32)33)18-21-13-8-5-9-14-21/h4-15,19,22-23,31H,16-18H2,1-3H3,(H,26,29)(H,27,30)/t22-,23-/m0/s1. The van der Waals surface area contributed by atoms with Crippen LogP contribution in [0.25, 0.3) is 6.08 Å². The minimum atomic E-state index is -3.79. The van der Waals surface area contributed by atoms with Gasteiger partial charge in [-0.1, -0.05) is 86.7 Å². The molecule has 0 fully saturated rings. The van der Waals surface area contributed by atoms with Gasteiger partial charge in [0.1, 0.15) is 0 Å². The van der Waals surface area contributed by atoms with E-state index in [-0.39, 0.29) is 18.9 Å². The highest BCUT2D eigenvalue weighted by Gasteiger charge is 2.35. The second kappa shape index (κ2) is 13.0. The van der Waals surface area contributed by atoms with Crippen LogP contribution in [0.5, 0.6) is 0 Å². The molecule has 0 saturated heterocycles. The van der Waals surface area contributed by atoms with Gasteiger partial charge in [-0.15, -0.1) is 4.41 Å². The fraction of sp³-hybridized carbons (Fsp3) is 0.360. The van der Waals surface area contributed by atoms with Gasteiger partial charge in [0.05, 0.1) is 24.6 Å². The van der Waals surface area contributed by atoms with Gasteiger partial charge in [0.15, 0.2) is 0 Å². The number of amides is 2. The van der Waals surface area contributed by atoms with Crippen LogP contribution in [0.2, 0.25) is 0 Å². The third-order valence-corrected chi connectivity index (χ3v) is 6.32. The van der Waals surface area contributed by atoms with E-state index >= 15 is 0 Å². The monoisotopic (exact) mass is 487 g/mol. The van der Waals surface area contributed by atoms with Crippen molar-refractivity contribution in [3.8, 4) is 0 Å². The van der Waals surface area contributed by atoms with Crippen LogP contribution < -0.4 is 10.9 Å². The molecule has 8 nitrogen and oxygen atoms in total. The largest absolute Gasteiger partial charge is 0.289 e. The molecule has 2 atom stereocenters. The van der Waals surface area contributed by atoms with Gasteiger partial charge in [-0.25, -0.2) is 13.9 Å². The summed E-state index contributed by atoms with van der Waals surface area (Å²) in [6.45, 7) is 3.77. The van der Waals surface area contributed by atoms with Crippen LogP contribution in [0.15, 0.2) is 66.7 Å². The molecule has 0 aromatic heterocycles. The van der Waals surface area contributed by atoms with E-state index in [4.69, 9.17) is 0 Å². The topological polar surface area (TPSA) is 116 Å². The van der Waals surface area contributed by atoms with Crippen molar-refractivity contribution >= 4 is 27.9 Å². The van der Waals surface area contributed by atoms with Gasteiger partial charge in [0.25, 0.3) is 0 Å². The molecular formula is C25H33N3O5S. The van der Waals surface area contributed by atoms with Gasteiger partial charge in [-0.2, -0.15) is 0 Å². The summed E-state index contributed by atoms with van der Waals surface area (Å²) < 4.78 is 25.7. The normalized spacial score (nSPS) is 13.7. The van der Waals surface area contributed by atoms with Gasteiger partial charge < -0.3 is 0 Å². The van der Waals surface area contributed by atoms with Gasteiger partial charge in [0, 0.05) is 0 Å². The third-order valence-electron chi connectivity index (χ3n) is 5.30. The second-order valence-corrected chi connectivity index (χ2v) is 10.5. The first-order valence-corrected chi connectivity index (χ1v) is 12.9. The van der Waals surface area contributed by atoms with Gasteiger partial charge in [-0.05, 0) is 29.9 Å². The Morgan fingerprint density at radius 1 is 0.971 bits per heavy atom. The van der Waals surface area contributed by atoms with Crippen LogP contribution in [0.4, 0.5) is 0 Å². The van der Waals surface area contributed by atoms with Gasteiger partial charge >= 0.3 is 0 Å². The molecule has 0 aliphatic carbocycles. The Balaban J connectivity index is 2.28. The first-order valence-electron chi connectivity index (χ1n) is 11.1. The third kappa shape index (κ3) is 8.74. The van der Waals surface area contributed by atoms with E-state index in [1.54, 1.807) is 35.8 Å². The van der Waals surface area contributed by atoms with Crippen molar-refractivity contribution in [1.82, 2.24) is 15.3 Å². The van der Waals surface area contributed by atoms with E-state index < -0.39 is 33.7 Å². The van der Waals surface area contributed by atoms with Crippen molar-refractivity contribution in [2.45, 2.75) is 33.2 Å². The van der Waals surface area contributed by atoms with Crippen molar-refractivity contribution in [3.63, 3.8) is 0 Å². The number of hydrogen-bond acceptors (Lipinski definition) is 5. The fourth-order valence-corrected chi connectivity index (χ4v) is 4.25. The number of carbonyl (C=O) groups excluding carboxylic acids is 2. The molecule has 0 bridgehead atoms. The van der Waals surface area contributed by atoms with Crippen molar-refractivity contribution < 1.29 is 23.2 Å². The number of sulfonamides is 1. The molecule has 0 aliphatic rings. The fourth-order valence-electron chi connectivity index (χ4n) is 3.61. The molecule has 0 heterocycles. The molecule has 2 rings (SSSR count). The smallest absolute Gasteiger partial charge is 0.247 e. The minimum Gasteiger partial charge on any atom is -0.289 e. The van der Waals surface area contributed by atoms with Crippen molar-refractivity contribution in [2.24, 2.45) is 17.8 Å². The van der Waals surface area contributed by atoms with Crippen LogP contribution in [0, 0.1) is 17.8 Å². The predicted octanol–water partition coefficient (Wildman–Crippen LogP) is 3.37. The summed E-state index contributed by atoms with van der Waals surface area (Å²) in [7, 11) is -3.79. The van der Waals surface area contributed by atoms with E-state index in [9.17, 15) is 23.2 Å². The molecule has 0 aliphatic heterocycles. The highest BCUT2D eigenvalue weighted by molar-refractivity contribution is 7.88. The number of hydroxylamine groups is 1. The Bertz CT molecular complexity index is 1060. The van der Waals surface area contributed by atoms with Gasteiger partial charge in [0.2, 0.25) is 21.8 Å². The maximum atomic E-state index is 13.3. The van der Waals surface area contributed by atoms with Crippen LogP contribution in [-0.4, -0.2) is 36.1 Å². The Kier molecular flexibility index (Phi) is 10.4. The molecule has 2 amide bonds. The number of hydrogen-bond donors (Lipinski definition) is 3. The van der Waals surface area contributed by atoms with Crippen molar-refractivity contribution in [3.05, 3.63) is 77.9 Å². The molecule has 0 radical (unpaired) electrons. The van der Waals surface area contributed by atoms with Crippen LogP contribution >= 0.6 is 0 Å². The number of benzene rings is 2.